The molecule has 0 unspecified atom stereocenters. The van der Waals surface area contributed by atoms with Crippen molar-refractivity contribution in [3.8, 4) is 0 Å². The summed E-state index contributed by atoms with van der Waals surface area (Å²) in [7, 11) is 0. The molecule has 2 heterocycles. The lowest BCUT2D eigenvalue weighted by atomic mass is 9.90. The molecule has 2 N–H and O–H groups in total. The van der Waals surface area contributed by atoms with Crippen LogP contribution in [-0.4, -0.2) is 27.3 Å². The first kappa shape index (κ1) is 22.7. The van der Waals surface area contributed by atoms with Crippen LogP contribution in [0.25, 0.3) is 10.9 Å². The smallest absolute Gasteiger partial charge is 0.262 e. The normalized spacial score (nSPS) is 18.8. The van der Waals surface area contributed by atoms with Crippen molar-refractivity contribution in [2.75, 3.05) is 0 Å². The van der Waals surface area contributed by atoms with E-state index in [1.807, 2.05) is 6.07 Å². The van der Waals surface area contributed by atoms with E-state index in [9.17, 15) is 19.2 Å². The molecule has 0 saturated carbocycles. The number of nitrogens with one attached hydrogen (secondary N) is 2. The lowest BCUT2D eigenvalue weighted by Gasteiger charge is -2.34. The highest BCUT2D eigenvalue weighted by molar-refractivity contribution is 6.01. The molecular formula is C23H30N4O4. The van der Waals surface area contributed by atoms with E-state index >= 15 is 0 Å². The van der Waals surface area contributed by atoms with Gasteiger partial charge in [-0.05, 0) is 44.4 Å². The molecule has 0 bridgehead atoms. The van der Waals surface area contributed by atoms with E-state index in [0.29, 0.717) is 29.7 Å². The highest BCUT2D eigenvalue weighted by Crippen LogP contribution is 2.26. The standard InChI is InChI=1S/C23H30N4O4/c1-4-5-6-7-8-19(28)24-14-16-9-10-18-17(13-16)21(30)27(15(2)25-18)23(3)12-11-20(29)26-22(23)31/h9-10,13H,4-8,11-12,14H2,1-3H3,(H,24,28)(H,26,29,31)/t23-/m0/s1. The minimum absolute atomic E-state index is 0.00769. The van der Waals surface area contributed by atoms with Crippen LogP contribution in [-0.2, 0) is 26.5 Å². The van der Waals surface area contributed by atoms with Gasteiger partial charge in [-0.15, -0.1) is 0 Å². The quantitative estimate of drug-likeness (QED) is 0.498. The van der Waals surface area contributed by atoms with Crippen molar-refractivity contribution in [1.29, 1.82) is 0 Å². The summed E-state index contributed by atoms with van der Waals surface area (Å²) in [5.41, 5.74) is -0.192. The van der Waals surface area contributed by atoms with E-state index in [-0.39, 0.29) is 30.2 Å². The summed E-state index contributed by atoms with van der Waals surface area (Å²) in [6.07, 6.45) is 5.06. The highest BCUT2D eigenvalue weighted by Gasteiger charge is 2.42. The summed E-state index contributed by atoms with van der Waals surface area (Å²) < 4.78 is 1.38. The van der Waals surface area contributed by atoms with Crippen molar-refractivity contribution in [2.24, 2.45) is 0 Å². The molecule has 0 radical (unpaired) electrons. The summed E-state index contributed by atoms with van der Waals surface area (Å²) in [5, 5.41) is 5.61. The summed E-state index contributed by atoms with van der Waals surface area (Å²) in [4.78, 5) is 54.1. The van der Waals surface area contributed by atoms with Gasteiger partial charge in [0.1, 0.15) is 11.4 Å². The molecule has 1 aromatic heterocycles. The number of unbranched alkanes of at least 4 members (excludes halogenated alkanes) is 3. The van der Waals surface area contributed by atoms with Crippen LogP contribution >= 0.6 is 0 Å². The molecule has 166 valence electrons. The van der Waals surface area contributed by atoms with Gasteiger partial charge in [0.25, 0.3) is 11.5 Å². The number of aromatic nitrogens is 2. The molecule has 3 rings (SSSR count). The number of benzene rings is 1. The third-order valence-electron chi connectivity index (χ3n) is 5.92. The van der Waals surface area contributed by atoms with Crippen molar-refractivity contribution >= 4 is 28.6 Å². The molecule has 1 aliphatic rings. The zero-order valence-electron chi connectivity index (χ0n) is 18.4. The summed E-state index contributed by atoms with van der Waals surface area (Å²) in [6.45, 7) is 5.79. The predicted octanol–water partition coefficient (Wildman–Crippen LogP) is 2.44. The van der Waals surface area contributed by atoms with Crippen LogP contribution in [0, 0.1) is 6.92 Å². The number of nitrogens with zero attached hydrogens (tertiary/aromatic N) is 2. The lowest BCUT2D eigenvalue weighted by molar-refractivity contribution is -0.140. The van der Waals surface area contributed by atoms with Crippen LogP contribution in [0.3, 0.4) is 0 Å². The molecular weight excluding hydrogens is 396 g/mol. The fraction of sp³-hybridized carbons (Fsp3) is 0.522. The van der Waals surface area contributed by atoms with Gasteiger partial charge < -0.3 is 5.32 Å². The molecule has 1 fully saturated rings. The Morgan fingerprint density at radius 1 is 1.23 bits per heavy atom. The van der Waals surface area contributed by atoms with Crippen LogP contribution in [0.15, 0.2) is 23.0 Å². The van der Waals surface area contributed by atoms with Crippen molar-refractivity contribution in [2.45, 2.75) is 77.8 Å². The van der Waals surface area contributed by atoms with Gasteiger partial charge in [-0.25, -0.2) is 4.98 Å². The van der Waals surface area contributed by atoms with Crippen LogP contribution < -0.4 is 16.2 Å². The van der Waals surface area contributed by atoms with Crippen LogP contribution in [0.2, 0.25) is 0 Å². The van der Waals surface area contributed by atoms with Gasteiger partial charge in [0.2, 0.25) is 11.8 Å². The van der Waals surface area contributed by atoms with E-state index in [4.69, 9.17) is 0 Å². The number of rotatable bonds is 8. The Kier molecular flexibility index (Phi) is 6.87. The van der Waals surface area contributed by atoms with Crippen LogP contribution in [0.4, 0.5) is 0 Å². The molecule has 3 amide bonds. The third kappa shape index (κ3) is 4.84. The lowest BCUT2D eigenvalue weighted by Crippen LogP contribution is -2.56. The molecule has 8 nitrogen and oxygen atoms in total. The molecule has 1 atom stereocenters. The van der Waals surface area contributed by atoms with Crippen molar-refractivity contribution in [3.63, 3.8) is 0 Å². The minimum Gasteiger partial charge on any atom is -0.352 e. The largest absolute Gasteiger partial charge is 0.352 e. The second-order valence-corrected chi connectivity index (χ2v) is 8.39. The van der Waals surface area contributed by atoms with Crippen LogP contribution in [0.1, 0.15) is 70.2 Å². The first-order valence-electron chi connectivity index (χ1n) is 10.9. The van der Waals surface area contributed by atoms with E-state index < -0.39 is 11.4 Å². The second kappa shape index (κ2) is 9.41. The number of fused-ring (bicyclic) bond motifs is 1. The Bertz CT molecular complexity index is 1080. The predicted molar refractivity (Wildman–Crippen MR) is 117 cm³/mol. The second-order valence-electron chi connectivity index (χ2n) is 8.39. The summed E-state index contributed by atoms with van der Waals surface area (Å²) in [6, 6.07) is 5.31. The maximum absolute atomic E-state index is 13.3. The molecule has 1 aromatic carbocycles. The summed E-state index contributed by atoms with van der Waals surface area (Å²) >= 11 is 0. The Morgan fingerprint density at radius 3 is 2.71 bits per heavy atom. The Labute approximate surface area is 181 Å². The molecule has 8 heteroatoms. The first-order valence-corrected chi connectivity index (χ1v) is 10.9. The fourth-order valence-electron chi connectivity index (χ4n) is 4.04. The summed E-state index contributed by atoms with van der Waals surface area (Å²) in [5.74, 6) is -0.430. The van der Waals surface area contributed by atoms with E-state index in [1.54, 1.807) is 26.0 Å². The van der Waals surface area contributed by atoms with Gasteiger partial charge in [-0.2, -0.15) is 0 Å². The molecule has 1 saturated heterocycles. The molecule has 1 aliphatic heterocycles. The maximum Gasteiger partial charge on any atom is 0.262 e. The monoisotopic (exact) mass is 426 g/mol. The number of amides is 3. The van der Waals surface area contributed by atoms with Gasteiger partial charge in [0.05, 0.1) is 10.9 Å². The van der Waals surface area contributed by atoms with Crippen molar-refractivity contribution in [1.82, 2.24) is 20.2 Å². The van der Waals surface area contributed by atoms with Gasteiger partial charge in [0, 0.05) is 19.4 Å². The van der Waals surface area contributed by atoms with Gasteiger partial charge in [-0.3, -0.25) is 29.1 Å². The number of imide groups is 1. The highest BCUT2D eigenvalue weighted by atomic mass is 16.2. The zero-order valence-corrected chi connectivity index (χ0v) is 18.4. The average Bonchev–Trinajstić information content (AvgIpc) is 2.73. The Hall–Kier alpha value is -3.03. The number of aryl methyl sites for hydroxylation is 1. The van der Waals surface area contributed by atoms with Crippen molar-refractivity contribution < 1.29 is 14.4 Å². The number of carbonyl (C=O) groups is 3. The number of hydrogen-bond acceptors (Lipinski definition) is 5. The average molecular weight is 427 g/mol. The number of carbonyl (C=O) groups excluding carboxylic acids is 3. The van der Waals surface area contributed by atoms with Crippen LogP contribution in [0.5, 0.6) is 0 Å². The van der Waals surface area contributed by atoms with E-state index in [0.717, 1.165) is 31.2 Å². The van der Waals surface area contributed by atoms with Gasteiger partial charge in [0.15, 0.2) is 0 Å². The molecule has 31 heavy (non-hydrogen) atoms. The van der Waals surface area contributed by atoms with Gasteiger partial charge in [-0.1, -0.05) is 32.3 Å². The SMILES string of the molecule is CCCCCCC(=O)NCc1ccc2nc(C)n([C@@]3(C)CCC(=O)NC3=O)c(=O)c2c1. The maximum atomic E-state index is 13.3. The molecule has 0 spiro atoms. The zero-order chi connectivity index (χ0) is 22.6. The first-order chi connectivity index (χ1) is 14.8. The molecule has 0 aliphatic carbocycles. The minimum atomic E-state index is -1.18. The number of piperidine rings is 1. The van der Waals surface area contributed by atoms with Crippen molar-refractivity contribution in [3.05, 3.63) is 39.9 Å². The van der Waals surface area contributed by atoms with Gasteiger partial charge >= 0.3 is 0 Å². The molecule has 2 aromatic rings. The van der Waals surface area contributed by atoms with E-state index in [2.05, 4.69) is 22.5 Å². The fourth-order valence-corrected chi connectivity index (χ4v) is 4.04. The topological polar surface area (TPSA) is 110 Å². The van der Waals surface area contributed by atoms with E-state index in [1.165, 1.54) is 4.57 Å². The Balaban J connectivity index is 1.84. The Morgan fingerprint density at radius 2 is 2.00 bits per heavy atom. The third-order valence-corrected chi connectivity index (χ3v) is 5.92. The number of hydrogen-bond donors (Lipinski definition) is 2.